The van der Waals surface area contributed by atoms with Crippen LogP contribution in [0.25, 0.3) is 156 Å². The first-order chi connectivity index (χ1) is 68.9. The molecular formula is C126H86N10Si3. The summed E-state index contributed by atoms with van der Waals surface area (Å²) in [6.07, 6.45) is 0. The number of pyridine rings is 2. The molecule has 19 aromatic carbocycles. The fourth-order valence-corrected chi connectivity index (χ4v) is 37.3. The van der Waals surface area contributed by atoms with Crippen molar-refractivity contribution >= 4 is 186 Å². The molecule has 0 fully saturated rings. The van der Waals surface area contributed by atoms with E-state index in [1.165, 1.54) is 67.6 Å². The number of benzene rings is 19. The van der Waals surface area contributed by atoms with E-state index >= 15 is 0 Å². The minimum absolute atomic E-state index is 0.754. The Morgan fingerprint density at radius 2 is 0.403 bits per heavy atom. The van der Waals surface area contributed by atoms with E-state index in [0.717, 1.165) is 151 Å². The average molecular weight is 1820 g/mol. The van der Waals surface area contributed by atoms with E-state index in [1.807, 2.05) is 0 Å². The molecule has 0 aliphatic rings. The molecule has 0 N–H and O–H groups in total. The van der Waals surface area contributed by atoms with Gasteiger partial charge in [-0.25, -0.2) is 19.9 Å². The Labute approximate surface area is 805 Å². The summed E-state index contributed by atoms with van der Waals surface area (Å²) in [7, 11) is -9.16. The standard InChI is InChI=1S/C126H86N10Si3/c1-11-39-87(40-12-1)91-81-122(132-112-63-35-32-60-106(112)108-84-102(73-77-114(108)132)137(93-43-15-3-16-44-93,94-45-17-4-18-46-94)95-47-19-5-20-48-95)129-123(82-91)135-117-66-38-37-65-116(117)134-119-85-103(72-75-110(119)128-126(134)135)139(99-55-27-9-28-56-99,100-57-29-10-30-58-100)101-70-67-89(68-71-101)90-69-76-113-107(79-90)105-59-31-34-62-111(105)131(113)121-80-92(88-41-13-2-14-42-88)83-124(130-121)136-118-78-74-104(86-120(118)133-115-64-36-33-61-109(115)127-125(133)136)138(96-49-21-6-22-50-96,97-51-23-7-24-52-97)98-53-25-8-26-54-98/h1-86H. The van der Waals surface area contributed by atoms with Gasteiger partial charge in [-0.05, 0) is 199 Å². The number of aromatic nitrogens is 10. The lowest BCUT2D eigenvalue weighted by Gasteiger charge is -2.34. The number of hydrogen-bond donors (Lipinski definition) is 0. The minimum atomic E-state index is -3.25. The molecule has 27 aromatic rings. The van der Waals surface area contributed by atoms with Crippen LogP contribution in [0, 0.1) is 0 Å². The summed E-state index contributed by atoms with van der Waals surface area (Å²) in [6, 6.07) is 193. The summed E-state index contributed by atoms with van der Waals surface area (Å²) in [6.45, 7) is 0. The Morgan fingerprint density at radius 1 is 0.137 bits per heavy atom. The molecule has 13 heteroatoms. The van der Waals surface area contributed by atoms with Crippen molar-refractivity contribution in [2.24, 2.45) is 0 Å². The molecule has 0 atom stereocenters. The molecule has 8 heterocycles. The summed E-state index contributed by atoms with van der Waals surface area (Å²) < 4.78 is 14.1. The van der Waals surface area contributed by atoms with Gasteiger partial charge in [0, 0.05) is 21.5 Å². The van der Waals surface area contributed by atoms with Gasteiger partial charge in [0.05, 0.1) is 66.2 Å². The van der Waals surface area contributed by atoms with E-state index < -0.39 is 24.2 Å². The highest BCUT2D eigenvalue weighted by Crippen LogP contribution is 2.41. The number of imidazole rings is 4. The Balaban J connectivity index is 0.595. The predicted molar refractivity (Wildman–Crippen MR) is 584 cm³/mol. The molecule has 8 aromatic heterocycles. The van der Waals surface area contributed by atoms with Gasteiger partial charge in [-0.15, -0.1) is 0 Å². The van der Waals surface area contributed by atoms with E-state index in [0.29, 0.717) is 0 Å². The third-order valence-corrected chi connectivity index (χ3v) is 43.4. The zero-order chi connectivity index (χ0) is 91.7. The predicted octanol–water partition coefficient (Wildman–Crippen LogP) is 21.3. The maximum absolute atomic E-state index is 5.93. The van der Waals surface area contributed by atoms with Gasteiger partial charge in [0.2, 0.25) is 11.6 Å². The fourth-order valence-electron chi connectivity index (χ4n) is 23.0. The Hall–Kier alpha value is -17.7. The molecule has 139 heavy (non-hydrogen) atoms. The zero-order valence-electron chi connectivity index (χ0n) is 75.6. The molecule has 0 saturated heterocycles. The topological polar surface area (TPSA) is 80.1 Å². The first kappa shape index (κ1) is 80.9. The Kier molecular flexibility index (Phi) is 19.1. The summed E-state index contributed by atoms with van der Waals surface area (Å²) >= 11 is 0. The van der Waals surface area contributed by atoms with Crippen LogP contribution in [0.3, 0.4) is 0 Å². The van der Waals surface area contributed by atoms with E-state index in [1.54, 1.807) is 0 Å². The first-order valence-electron chi connectivity index (χ1n) is 47.6. The third kappa shape index (κ3) is 12.7. The average Bonchev–Trinajstić information content (AvgIpc) is 1.51. The van der Waals surface area contributed by atoms with Crippen molar-refractivity contribution in [3.8, 4) is 56.7 Å². The van der Waals surface area contributed by atoms with Crippen LogP contribution in [-0.4, -0.2) is 71.2 Å². The number of hydrogen-bond acceptors (Lipinski definition) is 4. The fraction of sp³-hybridized carbons (Fsp3) is 0. The van der Waals surface area contributed by atoms with Crippen LogP contribution in [0.1, 0.15) is 0 Å². The van der Waals surface area contributed by atoms with Crippen molar-refractivity contribution in [1.82, 2.24) is 47.0 Å². The third-order valence-electron chi connectivity index (χ3n) is 29.1. The monoisotopic (exact) mass is 1820 g/mol. The molecule has 0 saturated carbocycles. The van der Waals surface area contributed by atoms with Crippen molar-refractivity contribution in [2.75, 3.05) is 0 Å². The van der Waals surface area contributed by atoms with Gasteiger partial charge < -0.3 is 0 Å². The Morgan fingerprint density at radius 3 is 0.827 bits per heavy atom. The van der Waals surface area contributed by atoms with Gasteiger partial charge in [0.1, 0.15) is 23.3 Å². The highest BCUT2D eigenvalue weighted by Gasteiger charge is 2.46. The molecule has 27 rings (SSSR count). The zero-order valence-corrected chi connectivity index (χ0v) is 78.6. The summed E-state index contributed by atoms with van der Waals surface area (Å²) in [5.74, 6) is 4.66. The lowest BCUT2D eigenvalue weighted by molar-refractivity contribution is 0.996. The quantitative estimate of drug-likeness (QED) is 0.0597. The van der Waals surface area contributed by atoms with E-state index in [2.05, 4.69) is 549 Å². The normalized spacial score (nSPS) is 12.2. The first-order valence-corrected chi connectivity index (χ1v) is 53.6. The molecule has 0 aliphatic heterocycles. The molecule has 0 bridgehead atoms. The second-order valence-electron chi connectivity index (χ2n) is 36.4. The van der Waals surface area contributed by atoms with Crippen LogP contribution >= 0.6 is 0 Å². The number of para-hydroxylation sites is 6. The second kappa shape index (κ2) is 32.8. The lowest BCUT2D eigenvalue weighted by Crippen LogP contribution is -2.74. The van der Waals surface area contributed by atoms with E-state index in [-0.39, 0.29) is 0 Å². The maximum atomic E-state index is 5.93. The SMILES string of the molecule is c1ccc(-c2cc(-n3c4ccccc4c4cc([Si](c5ccccc5)(c5ccccc5)c5ccccc5)ccc43)nc(-n3c4ccccc4n4c5cc([Si](c6ccccc6)(c6ccccc6)c6ccc(-c7ccc8c(c7)c7ccccc7n8-c7cc(-c8ccccc8)cc(-n8c9ccc([Si](c%10ccccc%10)(c%10ccccc%10)c%10ccccc%10)cc9n9c%10ccccc%10nc89)n7)cc6)ccc5nc34)c2)cc1. The van der Waals surface area contributed by atoms with E-state index in [4.69, 9.17) is 19.9 Å². The molecule has 0 radical (unpaired) electrons. The molecular weight excluding hydrogens is 1740 g/mol. The highest BCUT2D eigenvalue weighted by molar-refractivity contribution is 7.21. The number of fused-ring (bicyclic) bond motifs is 16. The van der Waals surface area contributed by atoms with Gasteiger partial charge in [-0.1, -0.05) is 419 Å². The van der Waals surface area contributed by atoms with Crippen LogP contribution in [0.2, 0.25) is 0 Å². The lowest BCUT2D eigenvalue weighted by atomic mass is 10.0. The number of nitrogens with zero attached hydrogens (tertiary/aromatic N) is 10. The summed E-state index contributed by atoms with van der Waals surface area (Å²) in [5.41, 5.74) is 18.6. The van der Waals surface area contributed by atoms with Gasteiger partial charge in [-0.2, -0.15) is 0 Å². The molecule has 0 amide bonds. The molecule has 0 spiro atoms. The van der Waals surface area contributed by atoms with E-state index in [9.17, 15) is 0 Å². The van der Waals surface area contributed by atoms with Gasteiger partial charge in [0.15, 0.2) is 24.2 Å². The van der Waals surface area contributed by atoms with Crippen molar-refractivity contribution < 1.29 is 0 Å². The highest BCUT2D eigenvalue weighted by atomic mass is 28.3. The van der Waals surface area contributed by atoms with Gasteiger partial charge in [-0.3, -0.25) is 27.1 Å². The van der Waals surface area contributed by atoms with Crippen LogP contribution in [0.15, 0.2) is 522 Å². The van der Waals surface area contributed by atoms with Gasteiger partial charge in [0.25, 0.3) is 0 Å². The minimum Gasteiger partial charge on any atom is -0.294 e. The van der Waals surface area contributed by atoms with Crippen LogP contribution in [0.5, 0.6) is 0 Å². The smallest absolute Gasteiger partial charge is 0.221 e. The summed E-state index contributed by atoms with van der Waals surface area (Å²) in [4.78, 5) is 23.2. The summed E-state index contributed by atoms with van der Waals surface area (Å²) in [5, 5.41) is 20.1. The van der Waals surface area contributed by atoms with Crippen molar-refractivity contribution in [3.05, 3.63) is 522 Å². The largest absolute Gasteiger partial charge is 0.294 e. The molecule has 652 valence electrons. The number of rotatable bonds is 19. The van der Waals surface area contributed by atoms with Crippen LogP contribution < -0.4 is 62.2 Å². The van der Waals surface area contributed by atoms with Crippen LogP contribution in [0.4, 0.5) is 0 Å². The van der Waals surface area contributed by atoms with Crippen molar-refractivity contribution in [3.63, 3.8) is 0 Å². The molecule has 10 nitrogen and oxygen atoms in total. The molecule has 0 unspecified atom stereocenters. The van der Waals surface area contributed by atoms with Crippen molar-refractivity contribution in [2.45, 2.75) is 0 Å². The Bertz CT molecular complexity index is 9190. The van der Waals surface area contributed by atoms with Crippen LogP contribution in [-0.2, 0) is 0 Å². The maximum Gasteiger partial charge on any atom is 0.221 e. The molecule has 0 aliphatic carbocycles. The van der Waals surface area contributed by atoms with Crippen molar-refractivity contribution in [1.29, 1.82) is 0 Å². The second-order valence-corrected chi connectivity index (χ2v) is 47.8. The van der Waals surface area contributed by atoms with Gasteiger partial charge >= 0.3 is 0 Å².